The van der Waals surface area contributed by atoms with E-state index in [0.29, 0.717) is 5.76 Å². The van der Waals surface area contributed by atoms with Crippen molar-refractivity contribution in [1.29, 1.82) is 0 Å². The van der Waals surface area contributed by atoms with E-state index in [4.69, 9.17) is 4.42 Å². The van der Waals surface area contributed by atoms with E-state index in [0.717, 1.165) is 4.31 Å². The van der Waals surface area contributed by atoms with Crippen molar-refractivity contribution in [2.75, 3.05) is 20.6 Å². The minimum absolute atomic E-state index is 0.00560. The van der Waals surface area contributed by atoms with E-state index < -0.39 is 15.9 Å². The van der Waals surface area contributed by atoms with Crippen molar-refractivity contribution in [3.63, 3.8) is 0 Å². The largest absolute Gasteiger partial charge is 0.467 e. The van der Waals surface area contributed by atoms with Crippen molar-refractivity contribution >= 4 is 21.8 Å². The molecule has 9 heteroatoms. The molecule has 26 heavy (non-hydrogen) atoms. The van der Waals surface area contributed by atoms with Crippen molar-refractivity contribution in [3.05, 3.63) is 54.0 Å². The second-order valence-electron chi connectivity index (χ2n) is 5.80. The van der Waals surface area contributed by atoms with Crippen molar-refractivity contribution in [1.82, 2.24) is 14.9 Å². The molecule has 0 aliphatic rings. The molecule has 1 aromatic heterocycles. The van der Waals surface area contributed by atoms with Crippen LogP contribution in [0.5, 0.6) is 0 Å². The number of hydrogen-bond donors (Lipinski definition) is 2. The molecule has 0 aliphatic carbocycles. The monoisotopic (exact) mass is 379 g/mol. The molecule has 0 unspecified atom stereocenters. The predicted molar refractivity (Wildman–Crippen MR) is 94.9 cm³/mol. The van der Waals surface area contributed by atoms with Crippen molar-refractivity contribution in [3.8, 4) is 0 Å². The number of sulfonamides is 1. The van der Waals surface area contributed by atoms with Gasteiger partial charge in [0.1, 0.15) is 5.76 Å². The Hall–Kier alpha value is -2.65. The first-order chi connectivity index (χ1) is 12.2. The summed E-state index contributed by atoms with van der Waals surface area (Å²) in [7, 11) is -0.823. The molecule has 2 N–H and O–H groups in total. The predicted octanol–water partition coefficient (Wildman–Crippen LogP) is 1.14. The van der Waals surface area contributed by atoms with Crippen LogP contribution < -0.4 is 10.6 Å². The van der Waals surface area contributed by atoms with Gasteiger partial charge in [-0.3, -0.25) is 9.59 Å². The zero-order valence-corrected chi connectivity index (χ0v) is 15.5. The fourth-order valence-corrected chi connectivity index (χ4v) is 3.12. The van der Waals surface area contributed by atoms with E-state index in [1.807, 2.05) is 0 Å². The normalized spacial score (nSPS) is 12.6. The lowest BCUT2D eigenvalue weighted by Crippen LogP contribution is -2.38. The summed E-state index contributed by atoms with van der Waals surface area (Å²) in [4.78, 5) is 24.1. The zero-order chi connectivity index (χ0) is 19.3. The Kier molecular flexibility index (Phi) is 6.17. The summed E-state index contributed by atoms with van der Waals surface area (Å²) < 4.78 is 30.5. The molecule has 1 atom stereocenters. The number of rotatable bonds is 7. The lowest BCUT2D eigenvalue weighted by Gasteiger charge is -2.13. The first-order valence-electron chi connectivity index (χ1n) is 7.85. The lowest BCUT2D eigenvalue weighted by atomic mass is 10.2. The number of nitrogens with zero attached hydrogens (tertiary/aromatic N) is 1. The molecule has 0 bridgehead atoms. The first-order valence-corrected chi connectivity index (χ1v) is 9.29. The zero-order valence-electron chi connectivity index (χ0n) is 14.7. The summed E-state index contributed by atoms with van der Waals surface area (Å²) in [6.45, 7) is 1.52. The molecule has 1 heterocycles. The Morgan fingerprint density at radius 1 is 1.19 bits per heavy atom. The Bertz CT molecular complexity index is 876. The number of nitrogens with one attached hydrogen (secondary N) is 2. The number of amides is 2. The Balaban J connectivity index is 1.97. The summed E-state index contributed by atoms with van der Waals surface area (Å²) in [6, 6.07) is 8.76. The molecule has 2 rings (SSSR count). The first kappa shape index (κ1) is 19.7. The van der Waals surface area contributed by atoms with Crippen molar-refractivity contribution in [2.45, 2.75) is 17.9 Å². The third-order valence-corrected chi connectivity index (χ3v) is 5.44. The highest BCUT2D eigenvalue weighted by Crippen LogP contribution is 2.15. The summed E-state index contributed by atoms with van der Waals surface area (Å²) in [5.41, 5.74) is 0.153. The van der Waals surface area contributed by atoms with Gasteiger partial charge in [-0.05, 0) is 37.3 Å². The highest BCUT2D eigenvalue weighted by molar-refractivity contribution is 7.89. The van der Waals surface area contributed by atoms with Crippen LogP contribution in [-0.2, 0) is 14.8 Å². The van der Waals surface area contributed by atoms with Gasteiger partial charge < -0.3 is 15.1 Å². The minimum atomic E-state index is -3.64. The smallest absolute Gasteiger partial charge is 0.251 e. The van der Waals surface area contributed by atoms with Gasteiger partial charge in [-0.1, -0.05) is 6.07 Å². The average molecular weight is 379 g/mol. The van der Waals surface area contributed by atoms with Crippen LogP contribution in [-0.4, -0.2) is 45.2 Å². The molecular weight excluding hydrogens is 358 g/mol. The lowest BCUT2D eigenvalue weighted by molar-refractivity contribution is -0.120. The summed E-state index contributed by atoms with van der Waals surface area (Å²) >= 11 is 0. The number of furan rings is 1. The molecule has 0 saturated carbocycles. The third kappa shape index (κ3) is 4.70. The molecule has 0 saturated heterocycles. The minimum Gasteiger partial charge on any atom is -0.467 e. The molecular formula is C17H21N3O5S. The Labute approximate surface area is 152 Å². The molecule has 2 aromatic rings. The van der Waals surface area contributed by atoms with Crippen LogP contribution in [0.15, 0.2) is 52.0 Å². The van der Waals surface area contributed by atoms with Gasteiger partial charge in [-0.2, -0.15) is 0 Å². The SMILES string of the molecule is C[C@@H](NC(=O)CNC(=O)c1cccc(S(=O)(=O)N(C)C)c1)c1ccco1. The third-order valence-electron chi connectivity index (χ3n) is 3.63. The highest BCUT2D eigenvalue weighted by atomic mass is 32.2. The second-order valence-corrected chi connectivity index (χ2v) is 7.95. The number of hydrogen-bond acceptors (Lipinski definition) is 5. The fourth-order valence-electron chi connectivity index (χ4n) is 2.17. The van der Waals surface area contributed by atoms with E-state index in [-0.39, 0.29) is 29.0 Å². The van der Waals surface area contributed by atoms with Crippen molar-refractivity contribution < 1.29 is 22.4 Å². The number of carbonyl (C=O) groups excluding carboxylic acids is 2. The van der Waals surface area contributed by atoms with Crippen LogP contribution >= 0.6 is 0 Å². The summed E-state index contributed by atoms with van der Waals surface area (Å²) in [6.07, 6.45) is 1.51. The van der Waals surface area contributed by atoms with E-state index in [2.05, 4.69) is 10.6 Å². The van der Waals surface area contributed by atoms with Gasteiger partial charge in [0.2, 0.25) is 15.9 Å². The molecule has 0 aliphatic heterocycles. The van der Waals surface area contributed by atoms with E-state index in [1.54, 1.807) is 19.1 Å². The van der Waals surface area contributed by atoms with Gasteiger partial charge >= 0.3 is 0 Å². The van der Waals surface area contributed by atoms with Crippen LogP contribution in [0.1, 0.15) is 29.1 Å². The van der Waals surface area contributed by atoms with Crippen LogP contribution in [0.25, 0.3) is 0 Å². The number of benzene rings is 1. The molecule has 0 radical (unpaired) electrons. The molecule has 140 valence electrons. The van der Waals surface area contributed by atoms with Gasteiger partial charge in [0.25, 0.3) is 5.91 Å². The second kappa shape index (κ2) is 8.15. The maximum Gasteiger partial charge on any atom is 0.251 e. The van der Waals surface area contributed by atoms with Crippen molar-refractivity contribution in [2.24, 2.45) is 0 Å². The topological polar surface area (TPSA) is 109 Å². The van der Waals surface area contributed by atoms with E-state index in [1.165, 1.54) is 44.6 Å². The van der Waals surface area contributed by atoms with Gasteiger partial charge in [0.05, 0.1) is 23.7 Å². The molecule has 0 spiro atoms. The van der Waals surface area contributed by atoms with E-state index in [9.17, 15) is 18.0 Å². The van der Waals surface area contributed by atoms with Gasteiger partial charge in [0, 0.05) is 19.7 Å². The maximum atomic E-state index is 12.2. The average Bonchev–Trinajstić information content (AvgIpc) is 3.14. The molecule has 8 nitrogen and oxygen atoms in total. The number of carbonyl (C=O) groups is 2. The highest BCUT2D eigenvalue weighted by Gasteiger charge is 2.19. The molecule has 2 amide bonds. The fraction of sp³-hybridized carbons (Fsp3) is 0.294. The maximum absolute atomic E-state index is 12.2. The van der Waals surface area contributed by atoms with Gasteiger partial charge in [0.15, 0.2) is 0 Å². The van der Waals surface area contributed by atoms with Crippen LogP contribution in [0.3, 0.4) is 0 Å². The Morgan fingerprint density at radius 2 is 1.92 bits per heavy atom. The molecule has 0 fully saturated rings. The van der Waals surface area contributed by atoms with Crippen LogP contribution in [0, 0.1) is 0 Å². The van der Waals surface area contributed by atoms with E-state index >= 15 is 0 Å². The van der Waals surface area contributed by atoms with Gasteiger partial charge in [-0.15, -0.1) is 0 Å². The summed E-state index contributed by atoms with van der Waals surface area (Å²) in [5.74, 6) is -0.327. The summed E-state index contributed by atoms with van der Waals surface area (Å²) in [5, 5.41) is 5.16. The quantitative estimate of drug-likeness (QED) is 0.750. The Morgan fingerprint density at radius 3 is 2.54 bits per heavy atom. The van der Waals surface area contributed by atoms with Gasteiger partial charge in [-0.25, -0.2) is 12.7 Å². The molecule has 1 aromatic carbocycles. The van der Waals surface area contributed by atoms with Crippen LogP contribution in [0.2, 0.25) is 0 Å². The standard InChI is InChI=1S/C17H21N3O5S/c1-12(15-8-5-9-25-15)19-16(21)11-18-17(22)13-6-4-7-14(10-13)26(23,24)20(2)3/h4-10,12H,11H2,1-3H3,(H,18,22)(H,19,21)/t12-/m1/s1. The van der Waals surface area contributed by atoms with Crippen LogP contribution in [0.4, 0.5) is 0 Å².